The Bertz CT molecular complexity index is 446. The molecule has 2 rings (SSSR count). The largest absolute Gasteiger partial charge is 0.497 e. The molecule has 92 valence electrons. The molecule has 3 N–H and O–H groups in total. The monoisotopic (exact) mass is 236 g/mol. The summed E-state index contributed by atoms with van der Waals surface area (Å²) < 4.78 is 10.5. The van der Waals surface area contributed by atoms with Crippen molar-refractivity contribution in [2.75, 3.05) is 27.3 Å². The fraction of sp³-hybridized carbons (Fsp3) is 0.417. The molecular formula is C12H16N2O3. The summed E-state index contributed by atoms with van der Waals surface area (Å²) in [4.78, 5) is 11.8. The Hall–Kier alpha value is -1.75. The molecule has 17 heavy (non-hydrogen) atoms. The summed E-state index contributed by atoms with van der Waals surface area (Å²) in [5.41, 5.74) is 7.18. The van der Waals surface area contributed by atoms with Gasteiger partial charge in [-0.3, -0.25) is 4.79 Å². The van der Waals surface area contributed by atoms with Crippen molar-refractivity contribution in [1.82, 2.24) is 5.32 Å². The van der Waals surface area contributed by atoms with Crippen molar-refractivity contribution in [2.24, 2.45) is 5.73 Å². The maximum absolute atomic E-state index is 11.8. The highest BCUT2D eigenvalue weighted by molar-refractivity contribution is 5.98. The molecule has 1 aliphatic rings. The van der Waals surface area contributed by atoms with Crippen molar-refractivity contribution in [3.8, 4) is 11.5 Å². The number of fused-ring (bicyclic) bond motifs is 1. The van der Waals surface area contributed by atoms with Crippen LogP contribution < -0.4 is 20.5 Å². The van der Waals surface area contributed by atoms with Gasteiger partial charge in [-0.05, 0) is 6.07 Å². The molecule has 1 aliphatic heterocycles. The third kappa shape index (κ3) is 1.93. The number of carbonyl (C=O) groups is 1. The lowest BCUT2D eigenvalue weighted by molar-refractivity contribution is 0.0939. The number of methoxy groups -OCH3 is 2. The lowest BCUT2D eigenvalue weighted by Crippen LogP contribution is -2.38. The lowest BCUT2D eigenvalue weighted by atomic mass is 9.89. The van der Waals surface area contributed by atoms with Gasteiger partial charge in [0.15, 0.2) is 0 Å². The highest BCUT2D eigenvalue weighted by Crippen LogP contribution is 2.35. The Labute approximate surface area is 99.9 Å². The van der Waals surface area contributed by atoms with E-state index in [1.807, 2.05) is 0 Å². The summed E-state index contributed by atoms with van der Waals surface area (Å²) in [5, 5.41) is 2.81. The molecule has 0 bridgehead atoms. The van der Waals surface area contributed by atoms with Gasteiger partial charge in [0, 0.05) is 30.6 Å². The maximum atomic E-state index is 11.8. The number of nitrogens with one attached hydrogen (secondary N) is 1. The minimum absolute atomic E-state index is 0.0866. The smallest absolute Gasteiger partial charge is 0.251 e. The molecule has 1 aromatic carbocycles. The molecule has 5 heteroatoms. The molecule has 0 saturated heterocycles. The molecule has 0 aliphatic carbocycles. The van der Waals surface area contributed by atoms with E-state index >= 15 is 0 Å². The van der Waals surface area contributed by atoms with Crippen LogP contribution in [0.5, 0.6) is 11.5 Å². The summed E-state index contributed by atoms with van der Waals surface area (Å²) >= 11 is 0. The summed E-state index contributed by atoms with van der Waals surface area (Å²) in [6, 6.07) is 3.50. The van der Waals surface area contributed by atoms with Gasteiger partial charge in [0.1, 0.15) is 11.5 Å². The van der Waals surface area contributed by atoms with E-state index in [4.69, 9.17) is 15.2 Å². The highest BCUT2D eigenvalue weighted by atomic mass is 16.5. The van der Waals surface area contributed by atoms with E-state index in [1.54, 1.807) is 26.4 Å². The Balaban J connectivity index is 2.61. The second-order valence-electron chi connectivity index (χ2n) is 3.93. The zero-order valence-corrected chi connectivity index (χ0v) is 9.95. The second kappa shape index (κ2) is 4.63. The van der Waals surface area contributed by atoms with Crippen LogP contribution in [0.3, 0.4) is 0 Å². The standard InChI is InChI=1S/C12H16N2O3/c1-16-8-3-9-11(10(4-8)17-2)7(5-13)6-14-12(9)15/h3-4,7H,5-6,13H2,1-2H3,(H,14,15). The molecule has 5 nitrogen and oxygen atoms in total. The van der Waals surface area contributed by atoms with E-state index in [9.17, 15) is 4.79 Å². The zero-order chi connectivity index (χ0) is 12.4. The fourth-order valence-corrected chi connectivity index (χ4v) is 2.11. The summed E-state index contributed by atoms with van der Waals surface area (Å²) in [5.74, 6) is 1.24. The van der Waals surface area contributed by atoms with Crippen LogP contribution in [-0.4, -0.2) is 33.2 Å². The van der Waals surface area contributed by atoms with Crippen LogP contribution in [0.25, 0.3) is 0 Å². The Morgan fingerprint density at radius 1 is 1.41 bits per heavy atom. The first-order chi connectivity index (χ1) is 8.21. The van der Waals surface area contributed by atoms with Gasteiger partial charge in [0.05, 0.1) is 19.8 Å². The predicted octanol–water partition coefficient (Wildman–Crippen LogP) is 0.489. The van der Waals surface area contributed by atoms with Crippen molar-refractivity contribution in [3.63, 3.8) is 0 Å². The average molecular weight is 236 g/mol. The van der Waals surface area contributed by atoms with Gasteiger partial charge in [-0.1, -0.05) is 0 Å². The van der Waals surface area contributed by atoms with Crippen molar-refractivity contribution < 1.29 is 14.3 Å². The number of amides is 1. The Morgan fingerprint density at radius 2 is 2.18 bits per heavy atom. The maximum Gasteiger partial charge on any atom is 0.251 e. The van der Waals surface area contributed by atoms with Gasteiger partial charge in [0.25, 0.3) is 5.91 Å². The third-order valence-electron chi connectivity index (χ3n) is 3.02. The molecule has 1 aromatic rings. The van der Waals surface area contributed by atoms with E-state index in [1.165, 1.54) is 0 Å². The van der Waals surface area contributed by atoms with Gasteiger partial charge in [-0.15, -0.1) is 0 Å². The van der Waals surface area contributed by atoms with Crippen molar-refractivity contribution >= 4 is 5.91 Å². The van der Waals surface area contributed by atoms with E-state index in [0.29, 0.717) is 30.2 Å². The summed E-state index contributed by atoms with van der Waals surface area (Å²) in [7, 11) is 3.14. The number of ether oxygens (including phenoxy) is 2. The molecule has 0 aromatic heterocycles. The summed E-state index contributed by atoms with van der Waals surface area (Å²) in [6.45, 7) is 1.01. The second-order valence-corrected chi connectivity index (χ2v) is 3.93. The van der Waals surface area contributed by atoms with Gasteiger partial charge in [-0.2, -0.15) is 0 Å². The molecule has 1 unspecified atom stereocenters. The van der Waals surface area contributed by atoms with Crippen molar-refractivity contribution in [2.45, 2.75) is 5.92 Å². The minimum atomic E-state index is -0.109. The van der Waals surface area contributed by atoms with Crippen molar-refractivity contribution in [1.29, 1.82) is 0 Å². The number of nitrogens with two attached hydrogens (primary N) is 1. The molecule has 0 radical (unpaired) electrons. The first kappa shape index (κ1) is 11.7. The topological polar surface area (TPSA) is 73.6 Å². The minimum Gasteiger partial charge on any atom is -0.497 e. The first-order valence-electron chi connectivity index (χ1n) is 5.45. The van der Waals surface area contributed by atoms with Crippen LogP contribution in [0.15, 0.2) is 12.1 Å². The van der Waals surface area contributed by atoms with E-state index in [2.05, 4.69) is 5.32 Å². The highest BCUT2D eigenvalue weighted by Gasteiger charge is 2.28. The van der Waals surface area contributed by atoms with Gasteiger partial charge < -0.3 is 20.5 Å². The van der Waals surface area contributed by atoms with Gasteiger partial charge >= 0.3 is 0 Å². The molecule has 0 spiro atoms. The Kier molecular flexibility index (Phi) is 3.19. The third-order valence-corrected chi connectivity index (χ3v) is 3.02. The molecule has 0 fully saturated rings. The van der Waals surface area contributed by atoms with Crippen LogP contribution in [0.4, 0.5) is 0 Å². The fourth-order valence-electron chi connectivity index (χ4n) is 2.11. The van der Waals surface area contributed by atoms with E-state index in [-0.39, 0.29) is 11.8 Å². The van der Waals surface area contributed by atoms with Crippen molar-refractivity contribution in [3.05, 3.63) is 23.3 Å². The average Bonchev–Trinajstić information content (AvgIpc) is 2.38. The van der Waals surface area contributed by atoms with Crippen LogP contribution in [0.2, 0.25) is 0 Å². The molecular weight excluding hydrogens is 220 g/mol. The van der Waals surface area contributed by atoms with Crippen LogP contribution in [0.1, 0.15) is 21.8 Å². The van der Waals surface area contributed by atoms with E-state index < -0.39 is 0 Å². The number of carbonyl (C=O) groups excluding carboxylic acids is 1. The van der Waals surface area contributed by atoms with Gasteiger partial charge in [0.2, 0.25) is 0 Å². The number of hydrogen-bond donors (Lipinski definition) is 2. The van der Waals surface area contributed by atoms with Gasteiger partial charge in [-0.25, -0.2) is 0 Å². The van der Waals surface area contributed by atoms with Crippen LogP contribution in [0, 0.1) is 0 Å². The normalized spacial score (nSPS) is 18.3. The molecule has 0 saturated carbocycles. The predicted molar refractivity (Wildman–Crippen MR) is 63.7 cm³/mol. The molecule has 1 amide bonds. The quantitative estimate of drug-likeness (QED) is 0.801. The van der Waals surface area contributed by atoms with E-state index in [0.717, 1.165) is 5.56 Å². The number of benzene rings is 1. The summed E-state index contributed by atoms with van der Waals surface area (Å²) in [6.07, 6.45) is 0. The molecule has 1 heterocycles. The first-order valence-corrected chi connectivity index (χ1v) is 5.45. The van der Waals surface area contributed by atoms with Crippen LogP contribution in [-0.2, 0) is 0 Å². The zero-order valence-electron chi connectivity index (χ0n) is 9.95. The number of hydrogen-bond acceptors (Lipinski definition) is 4. The lowest BCUT2D eigenvalue weighted by Gasteiger charge is -2.27. The number of rotatable bonds is 3. The SMILES string of the molecule is COc1cc(OC)c2c(c1)C(=O)NCC2CN. The van der Waals surface area contributed by atoms with Crippen LogP contribution >= 0.6 is 0 Å². The Morgan fingerprint density at radius 3 is 2.76 bits per heavy atom. The molecule has 1 atom stereocenters.